The number of rotatable bonds is 4. The first-order valence-corrected chi connectivity index (χ1v) is 9.56. The normalized spacial score (nSPS) is 20.8. The third-order valence-electron chi connectivity index (χ3n) is 5.14. The second-order valence-corrected chi connectivity index (χ2v) is 8.16. The summed E-state index contributed by atoms with van der Waals surface area (Å²) in [4.78, 5) is 5.57. The summed E-state index contributed by atoms with van der Waals surface area (Å²) in [7, 11) is 0. The lowest BCUT2D eigenvalue weighted by atomic mass is 10.1. The van der Waals surface area contributed by atoms with Gasteiger partial charge in [0.2, 0.25) is 0 Å². The van der Waals surface area contributed by atoms with E-state index in [0.29, 0.717) is 0 Å². The van der Waals surface area contributed by atoms with Gasteiger partial charge in [0.05, 0.1) is 24.0 Å². The van der Waals surface area contributed by atoms with Crippen LogP contribution >= 0.6 is 11.3 Å². The molecule has 1 saturated carbocycles. The van der Waals surface area contributed by atoms with Crippen LogP contribution in [0.2, 0.25) is 0 Å². The van der Waals surface area contributed by atoms with Crippen LogP contribution < -0.4 is 0 Å². The van der Waals surface area contributed by atoms with Crippen molar-refractivity contribution < 1.29 is 5.11 Å². The summed E-state index contributed by atoms with van der Waals surface area (Å²) in [6, 6.07) is 6.73. The first-order chi connectivity index (χ1) is 11.2. The van der Waals surface area contributed by atoms with Crippen LogP contribution in [0.25, 0.3) is 0 Å². The van der Waals surface area contributed by atoms with E-state index in [-0.39, 0.29) is 0 Å². The van der Waals surface area contributed by atoms with Gasteiger partial charge in [0.1, 0.15) is 0 Å². The van der Waals surface area contributed by atoms with Crippen LogP contribution in [0.5, 0.6) is 0 Å². The van der Waals surface area contributed by atoms with Crippen molar-refractivity contribution in [1.82, 2.24) is 14.7 Å². The fraction of sp³-hybridized carbons (Fsp3) is 0.611. The van der Waals surface area contributed by atoms with Gasteiger partial charge >= 0.3 is 0 Å². The summed E-state index contributed by atoms with van der Waals surface area (Å²) in [6.45, 7) is 5.69. The lowest BCUT2D eigenvalue weighted by Gasteiger charge is -2.26. The predicted molar refractivity (Wildman–Crippen MR) is 92.5 cm³/mol. The Morgan fingerprint density at radius 2 is 2.13 bits per heavy atom. The molecule has 0 spiro atoms. The van der Waals surface area contributed by atoms with E-state index in [1.54, 1.807) is 11.8 Å². The average Bonchev–Trinajstić information content (AvgIpc) is 3.26. The Morgan fingerprint density at radius 1 is 1.30 bits per heavy atom. The van der Waals surface area contributed by atoms with Gasteiger partial charge in [-0.25, -0.2) is 0 Å². The maximum Gasteiger partial charge on any atom is 0.0950 e. The minimum atomic E-state index is -0.479. The second kappa shape index (κ2) is 6.38. The van der Waals surface area contributed by atoms with E-state index in [9.17, 15) is 5.11 Å². The van der Waals surface area contributed by atoms with Crippen molar-refractivity contribution in [3.8, 4) is 0 Å². The molecule has 23 heavy (non-hydrogen) atoms. The molecule has 4 rings (SSSR count). The van der Waals surface area contributed by atoms with Crippen molar-refractivity contribution in [2.24, 2.45) is 0 Å². The van der Waals surface area contributed by atoms with E-state index in [1.807, 2.05) is 11.3 Å². The Labute approximate surface area is 141 Å². The van der Waals surface area contributed by atoms with Crippen LogP contribution in [-0.4, -0.2) is 26.3 Å². The molecule has 3 heterocycles. The van der Waals surface area contributed by atoms with Crippen LogP contribution in [0, 0.1) is 0 Å². The summed E-state index contributed by atoms with van der Waals surface area (Å²) in [5, 5.41) is 14.2. The fourth-order valence-electron chi connectivity index (χ4n) is 3.81. The minimum absolute atomic E-state index is 0.479. The van der Waals surface area contributed by atoms with E-state index < -0.39 is 6.10 Å². The maximum absolute atomic E-state index is 9.69. The smallest absolute Gasteiger partial charge is 0.0950 e. The Bertz CT molecular complexity index is 670. The molecule has 1 aliphatic carbocycles. The summed E-state index contributed by atoms with van der Waals surface area (Å²) in [6.07, 6.45) is 5.09. The van der Waals surface area contributed by atoms with Gasteiger partial charge in [-0.2, -0.15) is 5.10 Å². The highest BCUT2D eigenvalue weighted by molar-refractivity contribution is 7.12. The third kappa shape index (κ3) is 3.23. The van der Waals surface area contributed by atoms with Gasteiger partial charge in [-0.15, -0.1) is 11.3 Å². The zero-order valence-corrected chi connectivity index (χ0v) is 14.6. The highest BCUT2D eigenvalue weighted by Crippen LogP contribution is 2.38. The number of hydrogen-bond acceptors (Lipinski definition) is 4. The molecule has 1 aliphatic heterocycles. The molecule has 4 nitrogen and oxygen atoms in total. The third-order valence-corrected chi connectivity index (χ3v) is 6.38. The second-order valence-electron chi connectivity index (χ2n) is 6.96. The van der Waals surface area contributed by atoms with Crippen LogP contribution in [0.4, 0.5) is 0 Å². The maximum atomic E-state index is 9.69. The van der Waals surface area contributed by atoms with Gasteiger partial charge in [0.25, 0.3) is 0 Å². The van der Waals surface area contributed by atoms with Crippen molar-refractivity contribution in [1.29, 1.82) is 0 Å². The first-order valence-electron chi connectivity index (χ1n) is 8.74. The summed E-state index contributed by atoms with van der Waals surface area (Å²) >= 11 is 2.01. The summed E-state index contributed by atoms with van der Waals surface area (Å²) in [5.41, 5.74) is 2.02. The van der Waals surface area contributed by atoms with Gasteiger partial charge in [-0.1, -0.05) is 12.8 Å². The molecule has 5 heteroatoms. The summed E-state index contributed by atoms with van der Waals surface area (Å²) in [5.74, 6) is 0.824. The van der Waals surface area contributed by atoms with Crippen molar-refractivity contribution >= 4 is 11.3 Å². The van der Waals surface area contributed by atoms with E-state index in [0.717, 1.165) is 37.8 Å². The Hall–Kier alpha value is -1.17. The number of aromatic nitrogens is 2. The lowest BCUT2D eigenvalue weighted by Crippen LogP contribution is -2.33. The van der Waals surface area contributed by atoms with E-state index >= 15 is 0 Å². The number of nitrogens with zero attached hydrogens (tertiary/aromatic N) is 3. The molecule has 0 radical (unpaired) electrons. The van der Waals surface area contributed by atoms with Crippen molar-refractivity contribution in [2.45, 2.75) is 64.3 Å². The van der Waals surface area contributed by atoms with E-state index in [2.05, 4.69) is 32.9 Å². The molecule has 0 bridgehead atoms. The van der Waals surface area contributed by atoms with E-state index in [1.165, 1.54) is 36.3 Å². The van der Waals surface area contributed by atoms with E-state index in [4.69, 9.17) is 0 Å². The van der Waals surface area contributed by atoms with Crippen LogP contribution in [0.3, 0.4) is 0 Å². The van der Waals surface area contributed by atoms with Gasteiger partial charge < -0.3 is 5.11 Å². The lowest BCUT2D eigenvalue weighted by molar-refractivity contribution is 0.189. The molecule has 2 aromatic rings. The quantitative estimate of drug-likeness (QED) is 0.929. The SMILES string of the molecule is C[C@@H](O)c1cc2n(n1)CCN(Cc1ccc(C3CCCC3)s1)C2. The van der Waals surface area contributed by atoms with Crippen molar-refractivity contribution in [3.05, 3.63) is 39.3 Å². The number of fused-ring (bicyclic) bond motifs is 1. The highest BCUT2D eigenvalue weighted by Gasteiger charge is 2.22. The Kier molecular flexibility index (Phi) is 4.26. The molecule has 124 valence electrons. The topological polar surface area (TPSA) is 41.3 Å². The molecule has 0 aromatic carbocycles. The molecule has 1 fully saturated rings. The van der Waals surface area contributed by atoms with Gasteiger partial charge in [-0.05, 0) is 43.9 Å². The van der Waals surface area contributed by atoms with Crippen LogP contribution in [0.15, 0.2) is 18.2 Å². The number of thiophene rings is 1. The standard InChI is InChI=1S/C18H25N3OS/c1-13(22)17-10-15-11-20(8-9-21(15)19-17)12-16-6-7-18(23-16)14-4-2-3-5-14/h6-7,10,13-14,22H,2-5,8-9,11-12H2,1H3/t13-/m1/s1. The largest absolute Gasteiger partial charge is 0.387 e. The van der Waals surface area contributed by atoms with Gasteiger partial charge in [-0.3, -0.25) is 9.58 Å². The minimum Gasteiger partial charge on any atom is -0.387 e. The molecular formula is C18H25N3OS. The van der Waals surface area contributed by atoms with Crippen molar-refractivity contribution in [3.63, 3.8) is 0 Å². The van der Waals surface area contributed by atoms with Gasteiger partial charge in [0.15, 0.2) is 0 Å². The molecule has 2 aliphatic rings. The molecule has 1 N–H and O–H groups in total. The van der Waals surface area contributed by atoms with Gasteiger partial charge in [0, 0.05) is 29.4 Å². The molecule has 2 aromatic heterocycles. The number of aliphatic hydroxyl groups excluding tert-OH is 1. The number of hydrogen-bond donors (Lipinski definition) is 1. The number of aliphatic hydroxyl groups is 1. The summed E-state index contributed by atoms with van der Waals surface area (Å²) < 4.78 is 2.05. The molecule has 1 atom stereocenters. The van der Waals surface area contributed by atoms with Crippen molar-refractivity contribution in [2.75, 3.05) is 6.54 Å². The average molecular weight is 331 g/mol. The molecule has 0 saturated heterocycles. The molecule has 0 unspecified atom stereocenters. The predicted octanol–water partition coefficient (Wildman–Crippen LogP) is 3.67. The van der Waals surface area contributed by atoms with Crippen LogP contribution in [-0.2, 0) is 19.6 Å². The monoisotopic (exact) mass is 331 g/mol. The van der Waals surface area contributed by atoms with Crippen LogP contribution in [0.1, 0.15) is 65.8 Å². The Balaban J connectivity index is 1.41. The first kappa shape index (κ1) is 15.4. The Morgan fingerprint density at radius 3 is 2.91 bits per heavy atom. The fourth-order valence-corrected chi connectivity index (χ4v) is 5.04. The molecular weight excluding hydrogens is 306 g/mol. The zero-order valence-electron chi connectivity index (χ0n) is 13.7. The zero-order chi connectivity index (χ0) is 15.8. The highest BCUT2D eigenvalue weighted by atomic mass is 32.1. The molecule has 0 amide bonds.